The molecule has 4 heteroatoms. The summed E-state index contributed by atoms with van der Waals surface area (Å²) in [5.41, 5.74) is 1.33. The standard InChI is InChI=1S/C10H16O4/c1-14-10(13)8-4-2-3-7(8)9(12)5-6-11/h9,11-12H,2-6H2,1H3/t9-/m0/s1. The number of rotatable bonds is 4. The van der Waals surface area contributed by atoms with Crippen molar-refractivity contribution in [2.24, 2.45) is 0 Å². The molecule has 0 radical (unpaired) electrons. The van der Waals surface area contributed by atoms with Gasteiger partial charge in [0, 0.05) is 18.6 Å². The molecule has 0 saturated carbocycles. The molecule has 0 saturated heterocycles. The van der Waals surface area contributed by atoms with E-state index in [1.165, 1.54) is 7.11 Å². The largest absolute Gasteiger partial charge is 0.466 e. The van der Waals surface area contributed by atoms with Crippen molar-refractivity contribution >= 4 is 5.97 Å². The van der Waals surface area contributed by atoms with Crippen molar-refractivity contribution in [3.63, 3.8) is 0 Å². The molecule has 0 aromatic heterocycles. The van der Waals surface area contributed by atoms with Crippen molar-refractivity contribution in [3.8, 4) is 0 Å². The molecule has 0 heterocycles. The molecule has 1 atom stereocenters. The molecule has 0 aromatic carbocycles. The van der Waals surface area contributed by atoms with Gasteiger partial charge in [0.1, 0.15) is 0 Å². The first-order valence-corrected chi connectivity index (χ1v) is 4.79. The minimum atomic E-state index is -0.698. The third-order valence-electron chi connectivity index (χ3n) is 2.50. The van der Waals surface area contributed by atoms with Crippen LogP contribution in [0.1, 0.15) is 25.7 Å². The van der Waals surface area contributed by atoms with Crippen LogP contribution in [0, 0.1) is 0 Å². The number of aliphatic hydroxyl groups excluding tert-OH is 2. The van der Waals surface area contributed by atoms with Gasteiger partial charge in [-0.15, -0.1) is 0 Å². The van der Waals surface area contributed by atoms with Crippen LogP contribution in [-0.2, 0) is 9.53 Å². The lowest BCUT2D eigenvalue weighted by Crippen LogP contribution is -2.15. The van der Waals surface area contributed by atoms with Crippen LogP contribution in [0.4, 0.5) is 0 Å². The zero-order valence-electron chi connectivity index (χ0n) is 8.32. The Kier molecular flexibility index (Phi) is 4.10. The van der Waals surface area contributed by atoms with Gasteiger partial charge in [0.05, 0.1) is 13.2 Å². The number of ether oxygens (including phenoxy) is 1. The van der Waals surface area contributed by atoms with E-state index in [0.717, 1.165) is 18.4 Å². The maximum absolute atomic E-state index is 11.3. The second-order valence-corrected chi connectivity index (χ2v) is 3.38. The van der Waals surface area contributed by atoms with Crippen molar-refractivity contribution in [1.82, 2.24) is 0 Å². The first-order chi connectivity index (χ1) is 6.70. The SMILES string of the molecule is COC(=O)C1=C([C@@H](O)CCO)CCC1. The van der Waals surface area contributed by atoms with E-state index in [1.807, 2.05) is 0 Å². The van der Waals surface area contributed by atoms with Gasteiger partial charge in [0.15, 0.2) is 0 Å². The summed E-state index contributed by atoms with van der Waals surface area (Å²) in [6.45, 7) is -0.0703. The summed E-state index contributed by atoms with van der Waals surface area (Å²) in [5.74, 6) is -0.352. The van der Waals surface area contributed by atoms with Crippen LogP contribution in [0.15, 0.2) is 11.1 Å². The van der Waals surface area contributed by atoms with E-state index in [4.69, 9.17) is 5.11 Å². The van der Waals surface area contributed by atoms with Crippen molar-refractivity contribution in [2.45, 2.75) is 31.8 Å². The number of hydrogen-bond acceptors (Lipinski definition) is 4. The van der Waals surface area contributed by atoms with Gasteiger partial charge in [-0.1, -0.05) is 0 Å². The molecule has 1 rings (SSSR count). The third kappa shape index (κ3) is 2.33. The Morgan fingerprint density at radius 1 is 1.57 bits per heavy atom. The first-order valence-electron chi connectivity index (χ1n) is 4.79. The number of esters is 1. The molecule has 2 N–H and O–H groups in total. The number of carbonyl (C=O) groups is 1. The summed E-state index contributed by atoms with van der Waals surface area (Å²) < 4.78 is 4.62. The Morgan fingerprint density at radius 3 is 2.86 bits per heavy atom. The van der Waals surface area contributed by atoms with E-state index < -0.39 is 6.10 Å². The lowest BCUT2D eigenvalue weighted by molar-refractivity contribution is -0.136. The maximum Gasteiger partial charge on any atom is 0.333 e. The first kappa shape index (κ1) is 11.2. The number of carbonyl (C=O) groups excluding carboxylic acids is 1. The predicted octanol–water partition coefficient (Wildman–Crippen LogP) is 0.383. The predicted molar refractivity (Wildman–Crippen MR) is 50.6 cm³/mol. The highest BCUT2D eigenvalue weighted by Gasteiger charge is 2.25. The summed E-state index contributed by atoms with van der Waals surface area (Å²) in [4.78, 5) is 11.3. The number of aliphatic hydroxyl groups is 2. The molecule has 1 aliphatic carbocycles. The third-order valence-corrected chi connectivity index (χ3v) is 2.50. The average Bonchev–Trinajstić information content (AvgIpc) is 2.65. The molecular formula is C10H16O4. The van der Waals surface area contributed by atoms with Crippen molar-refractivity contribution in [1.29, 1.82) is 0 Å². The topological polar surface area (TPSA) is 66.8 Å². The van der Waals surface area contributed by atoms with Crippen molar-refractivity contribution in [2.75, 3.05) is 13.7 Å². The van der Waals surface area contributed by atoms with Gasteiger partial charge in [-0.05, 0) is 24.8 Å². The second-order valence-electron chi connectivity index (χ2n) is 3.38. The maximum atomic E-state index is 11.3. The van der Waals surface area contributed by atoms with Crippen molar-refractivity contribution in [3.05, 3.63) is 11.1 Å². The molecule has 0 aliphatic heterocycles. The summed E-state index contributed by atoms with van der Waals surface area (Å²) >= 11 is 0. The smallest absolute Gasteiger partial charge is 0.333 e. The van der Waals surface area contributed by atoms with Gasteiger partial charge in [0.2, 0.25) is 0 Å². The highest BCUT2D eigenvalue weighted by atomic mass is 16.5. The lowest BCUT2D eigenvalue weighted by atomic mass is 10.0. The molecule has 4 nitrogen and oxygen atoms in total. The molecule has 0 unspecified atom stereocenters. The van der Waals surface area contributed by atoms with E-state index in [1.54, 1.807) is 0 Å². The highest BCUT2D eigenvalue weighted by molar-refractivity contribution is 5.90. The monoisotopic (exact) mass is 200 g/mol. The molecule has 14 heavy (non-hydrogen) atoms. The molecule has 0 bridgehead atoms. The fourth-order valence-corrected chi connectivity index (χ4v) is 1.79. The summed E-state index contributed by atoms with van der Waals surface area (Å²) in [6, 6.07) is 0. The van der Waals surface area contributed by atoms with Gasteiger partial charge in [-0.3, -0.25) is 0 Å². The van der Waals surface area contributed by atoms with Gasteiger partial charge < -0.3 is 14.9 Å². The second kappa shape index (κ2) is 5.12. The van der Waals surface area contributed by atoms with Gasteiger partial charge >= 0.3 is 5.97 Å². The van der Waals surface area contributed by atoms with E-state index in [0.29, 0.717) is 12.0 Å². The fourth-order valence-electron chi connectivity index (χ4n) is 1.79. The average molecular weight is 200 g/mol. The van der Waals surface area contributed by atoms with E-state index in [9.17, 15) is 9.90 Å². The van der Waals surface area contributed by atoms with Crippen LogP contribution < -0.4 is 0 Å². The molecular weight excluding hydrogens is 184 g/mol. The molecule has 1 aliphatic rings. The number of hydrogen-bond donors (Lipinski definition) is 2. The minimum Gasteiger partial charge on any atom is -0.466 e. The molecule has 0 aromatic rings. The normalized spacial score (nSPS) is 18.5. The summed E-state index contributed by atoms with van der Waals surface area (Å²) in [6.07, 6.45) is 1.87. The Labute approximate surface area is 83.2 Å². The Bertz CT molecular complexity index is 245. The summed E-state index contributed by atoms with van der Waals surface area (Å²) in [5, 5.41) is 18.3. The van der Waals surface area contributed by atoms with Gasteiger partial charge in [0.25, 0.3) is 0 Å². The zero-order chi connectivity index (χ0) is 10.6. The molecule has 0 fully saturated rings. The lowest BCUT2D eigenvalue weighted by Gasteiger charge is -2.12. The Balaban J connectivity index is 2.76. The molecule has 0 spiro atoms. The van der Waals surface area contributed by atoms with Crippen LogP contribution >= 0.6 is 0 Å². The minimum absolute atomic E-state index is 0.0703. The molecule has 80 valence electrons. The highest BCUT2D eigenvalue weighted by Crippen LogP contribution is 2.30. The van der Waals surface area contributed by atoms with E-state index >= 15 is 0 Å². The quantitative estimate of drug-likeness (QED) is 0.644. The number of methoxy groups -OCH3 is 1. The van der Waals surface area contributed by atoms with Crippen LogP contribution in [0.5, 0.6) is 0 Å². The van der Waals surface area contributed by atoms with Crippen LogP contribution in [0.3, 0.4) is 0 Å². The zero-order valence-corrected chi connectivity index (χ0v) is 8.32. The van der Waals surface area contributed by atoms with Gasteiger partial charge in [-0.2, -0.15) is 0 Å². The molecule has 0 amide bonds. The van der Waals surface area contributed by atoms with E-state index in [-0.39, 0.29) is 19.0 Å². The van der Waals surface area contributed by atoms with Crippen LogP contribution in [-0.4, -0.2) is 36.0 Å². The van der Waals surface area contributed by atoms with Crippen LogP contribution in [0.2, 0.25) is 0 Å². The fraction of sp³-hybridized carbons (Fsp3) is 0.700. The van der Waals surface area contributed by atoms with Crippen LogP contribution in [0.25, 0.3) is 0 Å². The van der Waals surface area contributed by atoms with Crippen molar-refractivity contribution < 1.29 is 19.7 Å². The van der Waals surface area contributed by atoms with E-state index in [2.05, 4.69) is 4.74 Å². The summed E-state index contributed by atoms with van der Waals surface area (Å²) in [7, 11) is 1.34. The Morgan fingerprint density at radius 2 is 2.29 bits per heavy atom. The van der Waals surface area contributed by atoms with Gasteiger partial charge in [-0.25, -0.2) is 4.79 Å². The Hall–Kier alpha value is -0.870.